The normalized spacial score (nSPS) is 10.5. The fraction of sp³-hybridized carbons (Fsp3) is 0.292. The molecule has 3 aromatic rings. The van der Waals surface area contributed by atoms with Crippen molar-refractivity contribution in [2.24, 2.45) is 0 Å². The third kappa shape index (κ3) is 6.99. The van der Waals surface area contributed by atoms with Crippen LogP contribution < -0.4 is 10.1 Å². The van der Waals surface area contributed by atoms with Gasteiger partial charge in [0.1, 0.15) is 18.1 Å². The third-order valence-corrected chi connectivity index (χ3v) is 4.78. The van der Waals surface area contributed by atoms with Gasteiger partial charge in [-0.1, -0.05) is 47.6 Å². The van der Waals surface area contributed by atoms with Crippen molar-refractivity contribution >= 4 is 11.9 Å². The van der Waals surface area contributed by atoms with Crippen LogP contribution in [-0.4, -0.2) is 30.2 Å². The topological polar surface area (TPSA) is 90.7 Å². The molecule has 0 aliphatic carbocycles. The van der Waals surface area contributed by atoms with Crippen LogP contribution in [0.25, 0.3) is 0 Å². The summed E-state index contributed by atoms with van der Waals surface area (Å²) in [5.74, 6) is 0.644. The molecule has 0 unspecified atom stereocenters. The van der Waals surface area contributed by atoms with Crippen LogP contribution in [0.1, 0.15) is 28.1 Å². The van der Waals surface area contributed by atoms with Gasteiger partial charge in [-0.25, -0.2) is 0 Å². The van der Waals surface area contributed by atoms with Crippen molar-refractivity contribution in [3.05, 3.63) is 82.7 Å². The summed E-state index contributed by atoms with van der Waals surface area (Å²) in [5, 5.41) is 6.65. The molecular formula is C24H26N2O5. The Balaban J connectivity index is 1.35. The molecule has 2 aromatic carbocycles. The second-order valence-corrected chi connectivity index (χ2v) is 7.16. The van der Waals surface area contributed by atoms with Crippen molar-refractivity contribution in [1.82, 2.24) is 10.5 Å². The molecule has 7 nitrogen and oxygen atoms in total. The van der Waals surface area contributed by atoms with E-state index < -0.39 is 5.97 Å². The number of carbonyl (C=O) groups excluding carboxylic acids is 2. The number of aromatic nitrogens is 1. The van der Waals surface area contributed by atoms with Gasteiger partial charge in [-0.2, -0.15) is 0 Å². The van der Waals surface area contributed by atoms with Gasteiger partial charge in [0.05, 0.1) is 17.7 Å². The van der Waals surface area contributed by atoms with Crippen LogP contribution in [0.4, 0.5) is 0 Å². The monoisotopic (exact) mass is 422 g/mol. The van der Waals surface area contributed by atoms with Gasteiger partial charge in [0.25, 0.3) is 5.91 Å². The SMILES string of the molecule is Cc1noc(C)c1COc1ccc(CC(=O)OCC(=O)NCCc2ccccc2)cc1. The highest BCUT2D eigenvalue weighted by atomic mass is 16.5. The van der Waals surface area contributed by atoms with Crippen molar-refractivity contribution in [3.8, 4) is 5.75 Å². The van der Waals surface area contributed by atoms with Gasteiger partial charge in [0.2, 0.25) is 0 Å². The largest absolute Gasteiger partial charge is 0.489 e. The number of amides is 1. The summed E-state index contributed by atoms with van der Waals surface area (Å²) in [6.45, 7) is 4.29. The molecule has 1 N–H and O–H groups in total. The minimum atomic E-state index is -0.456. The van der Waals surface area contributed by atoms with Crippen LogP contribution in [0.5, 0.6) is 5.75 Å². The van der Waals surface area contributed by atoms with E-state index in [1.54, 1.807) is 24.3 Å². The Bertz CT molecular complexity index is 977. The summed E-state index contributed by atoms with van der Waals surface area (Å²) in [7, 11) is 0. The van der Waals surface area contributed by atoms with E-state index >= 15 is 0 Å². The Hall–Kier alpha value is -3.61. The highest BCUT2D eigenvalue weighted by molar-refractivity contribution is 5.81. The van der Waals surface area contributed by atoms with Gasteiger partial charge in [-0.05, 0) is 43.5 Å². The van der Waals surface area contributed by atoms with E-state index in [2.05, 4.69) is 10.5 Å². The Morgan fingerprint density at radius 3 is 2.42 bits per heavy atom. The maximum absolute atomic E-state index is 12.0. The molecule has 0 fully saturated rings. The molecule has 0 bridgehead atoms. The Kier molecular flexibility index (Phi) is 7.81. The van der Waals surface area contributed by atoms with Crippen LogP contribution in [-0.2, 0) is 33.8 Å². The lowest BCUT2D eigenvalue weighted by Gasteiger charge is -2.08. The van der Waals surface area contributed by atoms with Crippen LogP contribution in [0.15, 0.2) is 59.1 Å². The zero-order valence-electron chi connectivity index (χ0n) is 17.7. The predicted octanol–water partition coefficient (Wildman–Crippen LogP) is 3.32. The van der Waals surface area contributed by atoms with E-state index in [0.29, 0.717) is 18.9 Å². The smallest absolute Gasteiger partial charge is 0.310 e. The molecule has 31 heavy (non-hydrogen) atoms. The van der Waals surface area contributed by atoms with E-state index in [9.17, 15) is 9.59 Å². The minimum Gasteiger partial charge on any atom is -0.489 e. The van der Waals surface area contributed by atoms with E-state index in [1.807, 2.05) is 44.2 Å². The number of nitrogens with one attached hydrogen (secondary N) is 1. The first kappa shape index (κ1) is 22.1. The number of ether oxygens (including phenoxy) is 2. The highest BCUT2D eigenvalue weighted by Crippen LogP contribution is 2.18. The number of carbonyl (C=O) groups is 2. The van der Waals surface area contributed by atoms with E-state index in [4.69, 9.17) is 14.0 Å². The lowest BCUT2D eigenvalue weighted by Crippen LogP contribution is -2.30. The van der Waals surface area contributed by atoms with Gasteiger partial charge in [-0.3, -0.25) is 9.59 Å². The van der Waals surface area contributed by atoms with Crippen molar-refractivity contribution in [3.63, 3.8) is 0 Å². The van der Waals surface area contributed by atoms with Crippen molar-refractivity contribution in [2.75, 3.05) is 13.2 Å². The molecule has 0 saturated carbocycles. The predicted molar refractivity (Wildman–Crippen MR) is 115 cm³/mol. The van der Waals surface area contributed by atoms with Gasteiger partial charge in [0.15, 0.2) is 6.61 Å². The van der Waals surface area contributed by atoms with Gasteiger partial charge >= 0.3 is 5.97 Å². The second-order valence-electron chi connectivity index (χ2n) is 7.16. The lowest BCUT2D eigenvalue weighted by molar-refractivity contribution is -0.147. The van der Waals surface area contributed by atoms with Crippen molar-refractivity contribution in [1.29, 1.82) is 0 Å². The van der Waals surface area contributed by atoms with Crippen molar-refractivity contribution < 1.29 is 23.6 Å². The summed E-state index contributed by atoms with van der Waals surface area (Å²) in [6.07, 6.45) is 0.812. The molecule has 7 heteroatoms. The molecule has 0 aliphatic heterocycles. The lowest BCUT2D eigenvalue weighted by atomic mass is 10.1. The number of nitrogens with zero attached hydrogens (tertiary/aromatic N) is 1. The third-order valence-electron chi connectivity index (χ3n) is 4.78. The first-order chi connectivity index (χ1) is 15.0. The van der Waals surface area contributed by atoms with Crippen LogP contribution in [0, 0.1) is 13.8 Å². The Labute approximate surface area is 181 Å². The number of hydrogen-bond acceptors (Lipinski definition) is 6. The standard InChI is InChI=1S/C24H26N2O5/c1-17-22(18(2)31-26-17)15-29-21-10-8-20(9-11-21)14-24(28)30-16-23(27)25-13-12-19-6-4-3-5-7-19/h3-11H,12-16H2,1-2H3,(H,25,27). The molecule has 0 aliphatic rings. The Morgan fingerprint density at radius 2 is 1.74 bits per heavy atom. The zero-order chi connectivity index (χ0) is 22.1. The maximum atomic E-state index is 12.0. The summed E-state index contributed by atoms with van der Waals surface area (Å²) in [6, 6.07) is 17.0. The number of aryl methyl sites for hydroxylation is 2. The van der Waals surface area contributed by atoms with Crippen LogP contribution in [0.2, 0.25) is 0 Å². The first-order valence-corrected chi connectivity index (χ1v) is 10.1. The molecule has 0 saturated heterocycles. The number of rotatable bonds is 10. The molecular weight excluding hydrogens is 396 g/mol. The van der Waals surface area contributed by atoms with Crippen LogP contribution >= 0.6 is 0 Å². The average Bonchev–Trinajstić information content (AvgIpc) is 3.10. The van der Waals surface area contributed by atoms with Gasteiger partial charge < -0.3 is 19.3 Å². The summed E-state index contributed by atoms with van der Waals surface area (Å²) in [4.78, 5) is 23.8. The fourth-order valence-corrected chi connectivity index (χ4v) is 2.97. The molecule has 1 heterocycles. The van der Waals surface area contributed by atoms with Crippen molar-refractivity contribution in [2.45, 2.75) is 33.3 Å². The Morgan fingerprint density at radius 1 is 1.00 bits per heavy atom. The number of esters is 1. The fourth-order valence-electron chi connectivity index (χ4n) is 2.97. The van der Waals surface area contributed by atoms with Crippen LogP contribution in [0.3, 0.4) is 0 Å². The quantitative estimate of drug-likeness (QED) is 0.504. The molecule has 1 aromatic heterocycles. The molecule has 0 atom stereocenters. The van der Waals surface area contributed by atoms with Gasteiger partial charge in [0, 0.05) is 6.54 Å². The summed E-state index contributed by atoms with van der Waals surface area (Å²) >= 11 is 0. The maximum Gasteiger partial charge on any atom is 0.310 e. The number of benzene rings is 2. The summed E-state index contributed by atoms with van der Waals surface area (Å²) in [5.41, 5.74) is 3.65. The first-order valence-electron chi connectivity index (χ1n) is 10.1. The molecule has 0 radical (unpaired) electrons. The van der Waals surface area contributed by atoms with E-state index in [0.717, 1.165) is 34.6 Å². The summed E-state index contributed by atoms with van der Waals surface area (Å²) < 4.78 is 15.9. The highest BCUT2D eigenvalue weighted by Gasteiger charge is 2.11. The zero-order valence-corrected chi connectivity index (χ0v) is 17.7. The molecule has 3 rings (SSSR count). The average molecular weight is 422 g/mol. The second kappa shape index (κ2) is 11.0. The molecule has 162 valence electrons. The van der Waals surface area contributed by atoms with Gasteiger partial charge in [-0.15, -0.1) is 0 Å². The molecule has 1 amide bonds. The van der Waals surface area contributed by atoms with E-state index in [-0.39, 0.29) is 18.9 Å². The minimum absolute atomic E-state index is 0.0848. The van der Waals surface area contributed by atoms with E-state index in [1.165, 1.54) is 0 Å². The molecule has 0 spiro atoms. The number of hydrogen-bond donors (Lipinski definition) is 1.